The minimum atomic E-state index is 0.377. The van der Waals surface area contributed by atoms with Gasteiger partial charge in [0.15, 0.2) is 0 Å². The second-order valence-electron chi connectivity index (χ2n) is 6.71. The summed E-state index contributed by atoms with van der Waals surface area (Å²) in [7, 11) is 0. The summed E-state index contributed by atoms with van der Waals surface area (Å²) in [6, 6.07) is 27.7. The molecule has 0 saturated carbocycles. The second kappa shape index (κ2) is 8.97. The third-order valence-corrected chi connectivity index (χ3v) is 4.59. The zero-order valence-corrected chi connectivity index (χ0v) is 16.0. The highest BCUT2D eigenvalue weighted by atomic mass is 16.5. The predicted octanol–water partition coefficient (Wildman–Crippen LogP) is 4.86. The molecular weight excluding hydrogens is 362 g/mol. The van der Waals surface area contributed by atoms with Gasteiger partial charge in [-0.25, -0.2) is 0 Å². The third kappa shape index (κ3) is 4.96. The van der Waals surface area contributed by atoms with Gasteiger partial charge in [0.05, 0.1) is 23.7 Å². The van der Waals surface area contributed by atoms with Gasteiger partial charge >= 0.3 is 0 Å². The third-order valence-electron chi connectivity index (χ3n) is 4.59. The molecule has 0 radical (unpaired) electrons. The van der Waals surface area contributed by atoms with E-state index in [-0.39, 0.29) is 0 Å². The average Bonchev–Trinajstić information content (AvgIpc) is 3.23. The fourth-order valence-electron chi connectivity index (χ4n) is 3.00. The lowest BCUT2D eigenvalue weighted by molar-refractivity contribution is 0.303. The van der Waals surface area contributed by atoms with Crippen LogP contribution >= 0.6 is 0 Å². The lowest BCUT2D eigenvalue weighted by Crippen LogP contribution is -2.00. The largest absolute Gasteiger partial charge is 0.493 e. The summed E-state index contributed by atoms with van der Waals surface area (Å²) in [5.74, 6) is 1.52. The Balaban J connectivity index is 1.31. The van der Waals surface area contributed by atoms with Crippen LogP contribution in [-0.4, -0.2) is 16.8 Å². The zero-order chi connectivity index (χ0) is 19.9. The highest BCUT2D eigenvalue weighted by Crippen LogP contribution is 2.24. The van der Waals surface area contributed by atoms with Gasteiger partial charge in [-0.2, -0.15) is 5.10 Å². The first kappa shape index (κ1) is 18.6. The van der Waals surface area contributed by atoms with Gasteiger partial charge in [0.25, 0.3) is 0 Å². The van der Waals surface area contributed by atoms with E-state index in [1.54, 1.807) is 0 Å². The molecular formula is C24H23N3O2. The average molecular weight is 385 g/mol. The molecule has 0 bridgehead atoms. The topological polar surface area (TPSA) is 73.2 Å². The summed E-state index contributed by atoms with van der Waals surface area (Å²) in [6.45, 7) is 1.03. The van der Waals surface area contributed by atoms with Gasteiger partial charge in [0, 0.05) is 12.0 Å². The lowest BCUT2D eigenvalue weighted by Gasteiger charge is -2.07. The Labute approximate surface area is 170 Å². The molecule has 0 aliphatic heterocycles. The summed E-state index contributed by atoms with van der Waals surface area (Å²) in [5, 5.41) is 7.39. The molecule has 3 N–H and O–H groups in total. The maximum Gasteiger partial charge on any atom is 0.142 e. The van der Waals surface area contributed by atoms with Gasteiger partial charge in [-0.05, 0) is 48.0 Å². The normalized spacial score (nSPS) is 10.6. The molecule has 146 valence electrons. The van der Waals surface area contributed by atoms with E-state index in [9.17, 15) is 0 Å². The van der Waals surface area contributed by atoms with E-state index in [4.69, 9.17) is 15.2 Å². The first-order chi connectivity index (χ1) is 14.3. The fourth-order valence-corrected chi connectivity index (χ4v) is 3.00. The summed E-state index contributed by atoms with van der Waals surface area (Å²) >= 11 is 0. The second-order valence-corrected chi connectivity index (χ2v) is 6.71. The molecule has 0 fully saturated rings. The number of nitrogen functional groups attached to an aromatic ring is 1. The summed E-state index contributed by atoms with van der Waals surface area (Å²) in [4.78, 5) is 0. The Kier molecular flexibility index (Phi) is 5.76. The molecule has 1 heterocycles. The minimum absolute atomic E-state index is 0.377. The van der Waals surface area contributed by atoms with Crippen LogP contribution in [-0.2, 0) is 13.0 Å². The smallest absolute Gasteiger partial charge is 0.142 e. The monoisotopic (exact) mass is 385 g/mol. The summed E-state index contributed by atoms with van der Waals surface area (Å²) < 4.78 is 11.6. The summed E-state index contributed by atoms with van der Waals surface area (Å²) in [6.07, 6.45) is 0.886. The van der Waals surface area contributed by atoms with E-state index in [2.05, 4.69) is 22.3 Å². The molecule has 3 aromatic carbocycles. The molecule has 0 aliphatic carbocycles. The van der Waals surface area contributed by atoms with Crippen LogP contribution in [0.4, 0.5) is 5.69 Å². The van der Waals surface area contributed by atoms with Crippen molar-refractivity contribution >= 4 is 5.69 Å². The molecule has 4 rings (SSSR count). The summed E-state index contributed by atoms with van der Waals surface area (Å²) in [5.41, 5.74) is 10.5. The Morgan fingerprint density at radius 3 is 2.38 bits per heavy atom. The van der Waals surface area contributed by atoms with Gasteiger partial charge in [-0.3, -0.25) is 5.10 Å². The SMILES string of the molecule is Nc1ccccc1OCc1cc(-c2ccc(OCCc3ccccc3)cc2)n[nH]1. The number of benzene rings is 3. The number of aromatic nitrogens is 2. The van der Waals surface area contributed by atoms with Crippen molar-refractivity contribution in [2.24, 2.45) is 0 Å². The number of H-pyrrole nitrogens is 1. The van der Waals surface area contributed by atoms with Crippen LogP contribution in [0.2, 0.25) is 0 Å². The molecule has 4 aromatic rings. The predicted molar refractivity (Wildman–Crippen MR) is 115 cm³/mol. The molecule has 0 unspecified atom stereocenters. The standard InChI is InChI=1S/C24H23N3O2/c25-22-8-4-5-9-24(22)29-17-20-16-23(27-26-20)19-10-12-21(13-11-19)28-15-14-18-6-2-1-3-7-18/h1-13,16H,14-15,17,25H2,(H,26,27). The first-order valence-corrected chi connectivity index (χ1v) is 9.57. The number of nitrogens with zero attached hydrogens (tertiary/aromatic N) is 1. The van der Waals surface area contributed by atoms with E-state index in [1.807, 2.05) is 72.8 Å². The number of nitrogens with one attached hydrogen (secondary N) is 1. The highest BCUT2D eigenvalue weighted by molar-refractivity contribution is 5.60. The maximum absolute atomic E-state index is 5.90. The van der Waals surface area contributed by atoms with Crippen molar-refractivity contribution in [3.8, 4) is 22.8 Å². The van der Waals surface area contributed by atoms with Crippen molar-refractivity contribution in [3.05, 3.63) is 96.2 Å². The van der Waals surface area contributed by atoms with Crippen LogP contribution in [0.3, 0.4) is 0 Å². The maximum atomic E-state index is 5.90. The van der Waals surface area contributed by atoms with Crippen molar-refractivity contribution in [3.63, 3.8) is 0 Å². The van der Waals surface area contributed by atoms with Crippen LogP contribution in [0.1, 0.15) is 11.3 Å². The van der Waals surface area contributed by atoms with Crippen molar-refractivity contribution in [2.45, 2.75) is 13.0 Å². The quantitative estimate of drug-likeness (QED) is 0.425. The molecule has 0 spiro atoms. The molecule has 0 atom stereocenters. The van der Waals surface area contributed by atoms with E-state index in [0.717, 1.165) is 29.1 Å². The molecule has 1 aromatic heterocycles. The number of para-hydroxylation sites is 2. The van der Waals surface area contributed by atoms with Gasteiger partial charge in [0.1, 0.15) is 18.1 Å². The van der Waals surface area contributed by atoms with Crippen LogP contribution in [0.25, 0.3) is 11.3 Å². The Bertz CT molecular complexity index is 1040. The fraction of sp³-hybridized carbons (Fsp3) is 0.125. The number of nitrogens with two attached hydrogens (primary N) is 1. The molecule has 5 heteroatoms. The van der Waals surface area contributed by atoms with Crippen LogP contribution < -0.4 is 15.2 Å². The number of ether oxygens (including phenoxy) is 2. The Morgan fingerprint density at radius 2 is 1.59 bits per heavy atom. The van der Waals surface area contributed by atoms with Gasteiger partial charge in [-0.1, -0.05) is 42.5 Å². The molecule has 0 aliphatic rings. The Hall–Kier alpha value is -3.73. The van der Waals surface area contributed by atoms with Crippen LogP contribution in [0.15, 0.2) is 84.9 Å². The highest BCUT2D eigenvalue weighted by Gasteiger charge is 2.06. The number of rotatable bonds is 8. The van der Waals surface area contributed by atoms with Crippen molar-refractivity contribution < 1.29 is 9.47 Å². The van der Waals surface area contributed by atoms with E-state index < -0.39 is 0 Å². The zero-order valence-electron chi connectivity index (χ0n) is 16.0. The Morgan fingerprint density at radius 1 is 0.828 bits per heavy atom. The first-order valence-electron chi connectivity index (χ1n) is 9.57. The lowest BCUT2D eigenvalue weighted by atomic mass is 10.1. The van der Waals surface area contributed by atoms with Crippen molar-refractivity contribution in [1.29, 1.82) is 0 Å². The van der Waals surface area contributed by atoms with E-state index >= 15 is 0 Å². The molecule has 29 heavy (non-hydrogen) atoms. The molecule has 5 nitrogen and oxygen atoms in total. The number of aromatic amines is 1. The molecule has 0 amide bonds. The van der Waals surface area contributed by atoms with Crippen molar-refractivity contribution in [1.82, 2.24) is 10.2 Å². The molecule has 0 saturated heterocycles. The van der Waals surface area contributed by atoms with Gasteiger partial charge in [-0.15, -0.1) is 0 Å². The van der Waals surface area contributed by atoms with Gasteiger partial charge < -0.3 is 15.2 Å². The van der Waals surface area contributed by atoms with Gasteiger partial charge in [0.2, 0.25) is 0 Å². The van der Waals surface area contributed by atoms with Crippen LogP contribution in [0, 0.1) is 0 Å². The number of hydrogen-bond acceptors (Lipinski definition) is 4. The van der Waals surface area contributed by atoms with Crippen molar-refractivity contribution in [2.75, 3.05) is 12.3 Å². The van der Waals surface area contributed by atoms with Crippen LogP contribution in [0.5, 0.6) is 11.5 Å². The van der Waals surface area contributed by atoms with E-state index in [0.29, 0.717) is 24.7 Å². The number of hydrogen-bond donors (Lipinski definition) is 2. The number of anilines is 1. The van der Waals surface area contributed by atoms with E-state index in [1.165, 1.54) is 5.56 Å². The minimum Gasteiger partial charge on any atom is -0.493 e.